The van der Waals surface area contributed by atoms with Gasteiger partial charge in [-0.1, -0.05) is 42.5 Å². The van der Waals surface area contributed by atoms with Crippen molar-refractivity contribution in [1.82, 2.24) is 20.0 Å². The number of ether oxygens (including phenoxy) is 1. The van der Waals surface area contributed by atoms with Crippen LogP contribution < -0.4 is 10.1 Å². The first kappa shape index (κ1) is 23.1. The Balaban J connectivity index is 1.55. The maximum absolute atomic E-state index is 13.3. The van der Waals surface area contributed by atoms with E-state index in [2.05, 4.69) is 36.2 Å². The van der Waals surface area contributed by atoms with Crippen LogP contribution in [0.25, 0.3) is 11.3 Å². The molecule has 1 aliphatic heterocycles. The molecule has 1 atom stereocenters. The van der Waals surface area contributed by atoms with Crippen molar-refractivity contribution in [2.24, 2.45) is 5.92 Å². The monoisotopic (exact) mass is 446 g/mol. The molecule has 6 heteroatoms. The molecule has 0 spiro atoms. The van der Waals surface area contributed by atoms with Crippen LogP contribution in [-0.4, -0.2) is 53.4 Å². The van der Waals surface area contributed by atoms with E-state index in [-0.39, 0.29) is 5.91 Å². The Bertz CT molecular complexity index is 1060. The molecule has 0 saturated carbocycles. The lowest BCUT2D eigenvalue weighted by Crippen LogP contribution is -2.43. The van der Waals surface area contributed by atoms with Crippen molar-refractivity contribution in [3.8, 4) is 17.0 Å². The molecule has 33 heavy (non-hydrogen) atoms. The van der Waals surface area contributed by atoms with Gasteiger partial charge in [0.05, 0.1) is 19.2 Å². The third-order valence-electron chi connectivity index (χ3n) is 6.37. The summed E-state index contributed by atoms with van der Waals surface area (Å²) in [5.74, 6) is 1.14. The molecule has 1 saturated heterocycles. The van der Waals surface area contributed by atoms with Crippen molar-refractivity contribution in [2.75, 3.05) is 26.7 Å². The van der Waals surface area contributed by atoms with E-state index < -0.39 is 0 Å². The van der Waals surface area contributed by atoms with Crippen LogP contribution >= 0.6 is 0 Å². The number of nitrogens with zero attached hydrogens (tertiary/aromatic N) is 3. The van der Waals surface area contributed by atoms with Gasteiger partial charge in [-0.15, -0.1) is 0 Å². The van der Waals surface area contributed by atoms with E-state index in [1.165, 1.54) is 6.42 Å². The lowest BCUT2D eigenvalue weighted by molar-refractivity contribution is 0.0923. The summed E-state index contributed by atoms with van der Waals surface area (Å²) in [4.78, 5) is 15.8. The molecule has 4 rings (SSSR count). The van der Waals surface area contributed by atoms with Crippen LogP contribution in [0.4, 0.5) is 0 Å². The van der Waals surface area contributed by atoms with E-state index in [1.807, 2.05) is 53.3 Å². The summed E-state index contributed by atoms with van der Waals surface area (Å²) in [5, 5.41) is 7.99. The Labute approximate surface area is 196 Å². The number of aromatic nitrogens is 2. The topological polar surface area (TPSA) is 59.4 Å². The van der Waals surface area contributed by atoms with Gasteiger partial charge in [0.25, 0.3) is 5.91 Å². The van der Waals surface area contributed by atoms with Crippen molar-refractivity contribution in [3.63, 3.8) is 0 Å². The fourth-order valence-electron chi connectivity index (χ4n) is 4.49. The zero-order valence-electron chi connectivity index (χ0n) is 19.8. The van der Waals surface area contributed by atoms with Gasteiger partial charge in [-0.3, -0.25) is 9.48 Å². The predicted molar refractivity (Wildman–Crippen MR) is 132 cm³/mol. The highest BCUT2D eigenvalue weighted by molar-refractivity contribution is 5.99. The summed E-state index contributed by atoms with van der Waals surface area (Å²) in [6, 6.07) is 18.4. The highest BCUT2D eigenvalue weighted by Crippen LogP contribution is 2.26. The number of piperidine rings is 1. The number of rotatable bonds is 8. The van der Waals surface area contributed by atoms with Crippen LogP contribution in [0.3, 0.4) is 0 Å². The smallest absolute Gasteiger partial charge is 0.255 e. The van der Waals surface area contributed by atoms with E-state index >= 15 is 0 Å². The van der Waals surface area contributed by atoms with Crippen LogP contribution in [-0.2, 0) is 6.54 Å². The van der Waals surface area contributed by atoms with E-state index in [9.17, 15) is 4.79 Å². The highest BCUT2D eigenvalue weighted by atomic mass is 16.5. The standard InChI is InChI=1S/C27H34N4O2/c1-20(2)30-14-8-11-22(17-30)16-28-27(32)25-19-31(18-21-9-5-4-6-10-21)29-26(25)23-12-7-13-24(15-23)33-3/h4-7,9-10,12-13,15,19-20,22H,8,11,14,16-18H2,1-3H3,(H,28,32). The predicted octanol–water partition coefficient (Wildman–Crippen LogP) is 4.46. The Morgan fingerprint density at radius 1 is 1.18 bits per heavy atom. The molecule has 0 radical (unpaired) electrons. The normalized spacial score (nSPS) is 16.7. The number of carbonyl (C=O) groups is 1. The quantitative estimate of drug-likeness (QED) is 0.555. The molecule has 1 aromatic heterocycles. The number of benzene rings is 2. The van der Waals surface area contributed by atoms with Crippen molar-refractivity contribution < 1.29 is 9.53 Å². The average molecular weight is 447 g/mol. The van der Waals surface area contributed by atoms with Gasteiger partial charge in [-0.05, 0) is 56.8 Å². The highest BCUT2D eigenvalue weighted by Gasteiger charge is 2.24. The fraction of sp³-hybridized carbons (Fsp3) is 0.407. The number of hydrogen-bond donors (Lipinski definition) is 1. The lowest BCUT2D eigenvalue weighted by Gasteiger charge is -2.35. The molecule has 1 aliphatic rings. The number of amides is 1. The molecule has 1 unspecified atom stereocenters. The summed E-state index contributed by atoms with van der Waals surface area (Å²) in [6.45, 7) is 7.95. The van der Waals surface area contributed by atoms with Crippen molar-refractivity contribution >= 4 is 5.91 Å². The summed E-state index contributed by atoms with van der Waals surface area (Å²) >= 11 is 0. The minimum Gasteiger partial charge on any atom is -0.497 e. The Morgan fingerprint density at radius 2 is 2.00 bits per heavy atom. The molecule has 1 amide bonds. The molecule has 174 valence electrons. The van der Waals surface area contributed by atoms with Crippen molar-refractivity contribution in [3.05, 3.63) is 71.9 Å². The van der Waals surface area contributed by atoms with E-state index in [4.69, 9.17) is 9.84 Å². The summed E-state index contributed by atoms with van der Waals surface area (Å²) in [7, 11) is 1.64. The molecule has 6 nitrogen and oxygen atoms in total. The van der Waals surface area contributed by atoms with Gasteiger partial charge >= 0.3 is 0 Å². The number of methoxy groups -OCH3 is 1. The van der Waals surface area contributed by atoms with Crippen LogP contribution in [0.5, 0.6) is 5.75 Å². The molecule has 0 aliphatic carbocycles. The molecule has 3 aromatic rings. The molecule has 1 N–H and O–H groups in total. The minimum atomic E-state index is -0.0752. The van der Waals surface area contributed by atoms with Gasteiger partial charge in [-0.2, -0.15) is 5.10 Å². The van der Waals surface area contributed by atoms with E-state index in [0.717, 1.165) is 36.4 Å². The summed E-state index contributed by atoms with van der Waals surface area (Å²) in [5.41, 5.74) is 3.28. The Hall–Kier alpha value is -3.12. The van der Waals surface area contributed by atoms with Gasteiger partial charge < -0.3 is 15.0 Å². The molecular formula is C27H34N4O2. The second kappa shape index (κ2) is 10.7. The zero-order chi connectivity index (χ0) is 23.2. The number of carbonyl (C=O) groups excluding carboxylic acids is 1. The maximum atomic E-state index is 13.3. The van der Waals surface area contributed by atoms with Crippen molar-refractivity contribution in [2.45, 2.75) is 39.3 Å². The van der Waals surface area contributed by atoms with Gasteiger partial charge in [0.2, 0.25) is 0 Å². The largest absolute Gasteiger partial charge is 0.497 e. The van der Waals surface area contributed by atoms with Gasteiger partial charge in [-0.25, -0.2) is 0 Å². The lowest BCUT2D eigenvalue weighted by atomic mass is 9.97. The first-order chi connectivity index (χ1) is 16.0. The third-order valence-corrected chi connectivity index (χ3v) is 6.37. The van der Waals surface area contributed by atoms with Crippen LogP contribution in [0.15, 0.2) is 60.8 Å². The van der Waals surface area contributed by atoms with Crippen LogP contribution in [0.1, 0.15) is 42.6 Å². The second-order valence-electron chi connectivity index (χ2n) is 9.11. The van der Waals surface area contributed by atoms with Crippen molar-refractivity contribution in [1.29, 1.82) is 0 Å². The van der Waals surface area contributed by atoms with Gasteiger partial charge in [0.15, 0.2) is 0 Å². The molecular weight excluding hydrogens is 412 g/mol. The molecule has 2 heterocycles. The minimum absolute atomic E-state index is 0.0752. The Kier molecular flexibility index (Phi) is 7.45. The molecule has 1 fully saturated rings. The maximum Gasteiger partial charge on any atom is 0.255 e. The summed E-state index contributed by atoms with van der Waals surface area (Å²) in [6.07, 6.45) is 4.20. The van der Waals surface area contributed by atoms with E-state index in [1.54, 1.807) is 7.11 Å². The third kappa shape index (κ3) is 5.82. The number of nitrogens with one attached hydrogen (secondary N) is 1. The number of likely N-dealkylation sites (tertiary alicyclic amines) is 1. The van der Waals surface area contributed by atoms with Crippen LogP contribution in [0.2, 0.25) is 0 Å². The second-order valence-corrected chi connectivity index (χ2v) is 9.11. The van der Waals surface area contributed by atoms with E-state index in [0.29, 0.717) is 36.3 Å². The first-order valence-electron chi connectivity index (χ1n) is 11.8. The first-order valence-corrected chi connectivity index (χ1v) is 11.8. The Morgan fingerprint density at radius 3 is 2.76 bits per heavy atom. The molecule has 2 aromatic carbocycles. The SMILES string of the molecule is COc1cccc(-c2nn(Cc3ccccc3)cc2C(=O)NCC2CCCN(C(C)C)C2)c1. The summed E-state index contributed by atoms with van der Waals surface area (Å²) < 4.78 is 7.24. The average Bonchev–Trinajstić information content (AvgIpc) is 3.27. The number of hydrogen-bond acceptors (Lipinski definition) is 4. The zero-order valence-corrected chi connectivity index (χ0v) is 19.8. The fourth-order valence-corrected chi connectivity index (χ4v) is 4.49. The van der Waals surface area contributed by atoms with Gasteiger partial charge in [0, 0.05) is 30.9 Å². The van der Waals surface area contributed by atoms with Crippen LogP contribution in [0, 0.1) is 5.92 Å². The molecule has 0 bridgehead atoms. The van der Waals surface area contributed by atoms with Gasteiger partial charge in [0.1, 0.15) is 11.4 Å².